The molecule has 1 N–H and O–H groups in total. The van der Waals surface area contributed by atoms with Gasteiger partial charge >= 0.3 is 0 Å². The van der Waals surface area contributed by atoms with E-state index in [1.54, 1.807) is 9.58 Å². The normalized spacial score (nSPS) is 11.2. The first-order valence-corrected chi connectivity index (χ1v) is 8.16. The third kappa shape index (κ3) is 3.30. The Morgan fingerprint density at radius 3 is 2.68 bits per heavy atom. The molecule has 0 aliphatic heterocycles. The van der Waals surface area contributed by atoms with Gasteiger partial charge in [0.25, 0.3) is 5.91 Å². The number of hydrogen-bond acceptors (Lipinski definition) is 4. The Morgan fingerprint density at radius 1 is 1.45 bits per heavy atom. The minimum absolute atomic E-state index is 0.0688. The quantitative estimate of drug-likeness (QED) is 0.914. The lowest BCUT2D eigenvalue weighted by atomic mass is 10.3. The molecule has 0 atom stereocenters. The minimum Gasteiger partial charge on any atom is -0.352 e. The van der Waals surface area contributed by atoms with Gasteiger partial charge in [-0.1, -0.05) is 0 Å². The molecule has 0 aliphatic rings. The topological polar surface area (TPSA) is 67.2 Å². The Morgan fingerprint density at radius 2 is 2.14 bits per heavy atom. The Kier molecular flexibility index (Phi) is 4.85. The summed E-state index contributed by atoms with van der Waals surface area (Å²) in [7, 11) is 1.87. The first-order chi connectivity index (χ1) is 10.3. The number of fused-ring (bicyclic) bond motifs is 1. The molecular formula is C15H22N4O2S. The highest BCUT2D eigenvalue weighted by atomic mass is 32.1. The molecule has 0 aliphatic carbocycles. The van der Waals surface area contributed by atoms with Crippen LogP contribution < -0.4 is 5.32 Å². The zero-order chi connectivity index (χ0) is 16.4. The van der Waals surface area contributed by atoms with E-state index in [2.05, 4.69) is 10.4 Å². The number of rotatable bonds is 5. The average Bonchev–Trinajstić information content (AvgIpc) is 2.97. The molecule has 0 bridgehead atoms. The van der Waals surface area contributed by atoms with E-state index in [4.69, 9.17) is 0 Å². The summed E-state index contributed by atoms with van der Waals surface area (Å²) in [5.41, 5.74) is 0.911. The predicted molar refractivity (Wildman–Crippen MR) is 88.2 cm³/mol. The third-order valence-corrected chi connectivity index (χ3v) is 4.55. The lowest BCUT2D eigenvalue weighted by molar-refractivity contribution is -0.122. The summed E-state index contributed by atoms with van der Waals surface area (Å²) >= 11 is 1.42. The van der Waals surface area contributed by atoms with E-state index < -0.39 is 0 Å². The summed E-state index contributed by atoms with van der Waals surface area (Å²) in [6.45, 7) is 8.18. The molecule has 0 unspecified atom stereocenters. The van der Waals surface area contributed by atoms with Gasteiger partial charge < -0.3 is 10.2 Å². The summed E-state index contributed by atoms with van der Waals surface area (Å²) in [6, 6.07) is 1.94. The van der Waals surface area contributed by atoms with Crippen molar-refractivity contribution in [3.8, 4) is 0 Å². The molecule has 6 nitrogen and oxygen atoms in total. The van der Waals surface area contributed by atoms with Gasteiger partial charge in [-0.2, -0.15) is 5.10 Å². The zero-order valence-corrected chi connectivity index (χ0v) is 14.5. The van der Waals surface area contributed by atoms with Crippen molar-refractivity contribution in [1.82, 2.24) is 20.0 Å². The molecule has 2 amide bonds. The first-order valence-electron chi connectivity index (χ1n) is 7.35. The van der Waals surface area contributed by atoms with Crippen molar-refractivity contribution in [2.75, 3.05) is 13.1 Å². The molecular weight excluding hydrogens is 300 g/mol. The van der Waals surface area contributed by atoms with Crippen molar-refractivity contribution in [2.24, 2.45) is 7.05 Å². The van der Waals surface area contributed by atoms with Crippen molar-refractivity contribution in [2.45, 2.75) is 33.7 Å². The lowest BCUT2D eigenvalue weighted by Crippen LogP contribution is -2.42. The van der Waals surface area contributed by atoms with Crippen LogP contribution in [0.2, 0.25) is 0 Å². The number of aryl methyl sites for hydroxylation is 2. The number of nitrogens with zero attached hydrogens (tertiary/aromatic N) is 3. The molecule has 2 rings (SSSR count). The van der Waals surface area contributed by atoms with Crippen molar-refractivity contribution in [1.29, 1.82) is 0 Å². The van der Waals surface area contributed by atoms with Crippen LogP contribution in [-0.2, 0) is 11.8 Å². The fourth-order valence-corrected chi connectivity index (χ4v) is 3.43. The van der Waals surface area contributed by atoms with Crippen LogP contribution in [0.5, 0.6) is 0 Å². The molecule has 2 aromatic heterocycles. The van der Waals surface area contributed by atoms with Crippen LogP contribution in [0.3, 0.4) is 0 Å². The van der Waals surface area contributed by atoms with Crippen LogP contribution in [0.1, 0.15) is 36.1 Å². The number of aromatic nitrogens is 2. The second-order valence-electron chi connectivity index (χ2n) is 5.58. The maximum absolute atomic E-state index is 12.6. The van der Waals surface area contributed by atoms with E-state index >= 15 is 0 Å². The highest BCUT2D eigenvalue weighted by Crippen LogP contribution is 2.28. The van der Waals surface area contributed by atoms with Gasteiger partial charge in [0.2, 0.25) is 5.91 Å². The lowest BCUT2D eigenvalue weighted by Gasteiger charge is -2.20. The highest BCUT2D eigenvalue weighted by molar-refractivity contribution is 7.20. The standard InChI is InChI=1S/C15H22N4O2S/c1-6-19(8-13(20)16-9(2)3)14(21)12-7-11-10(4)17-18(5)15(11)22-12/h7,9H,6,8H2,1-5H3,(H,16,20). The third-order valence-electron chi connectivity index (χ3n) is 3.36. The number of hydrogen-bond donors (Lipinski definition) is 1. The van der Waals surface area contributed by atoms with Crippen molar-refractivity contribution >= 4 is 33.4 Å². The number of carbonyl (C=O) groups excluding carboxylic acids is 2. The molecule has 2 aromatic rings. The van der Waals surface area contributed by atoms with Crippen LogP contribution in [-0.4, -0.2) is 45.6 Å². The number of carbonyl (C=O) groups is 2. The van der Waals surface area contributed by atoms with E-state index in [-0.39, 0.29) is 24.4 Å². The van der Waals surface area contributed by atoms with Gasteiger partial charge in [-0.3, -0.25) is 14.3 Å². The summed E-state index contributed by atoms with van der Waals surface area (Å²) in [5.74, 6) is -0.244. The Balaban J connectivity index is 2.19. The Hall–Kier alpha value is -1.89. The summed E-state index contributed by atoms with van der Waals surface area (Å²) < 4.78 is 1.79. The van der Waals surface area contributed by atoms with Crippen LogP contribution in [0, 0.1) is 6.92 Å². The number of likely N-dealkylation sites (N-methyl/N-ethyl adjacent to an activating group) is 1. The molecule has 7 heteroatoms. The smallest absolute Gasteiger partial charge is 0.264 e. The Labute approximate surface area is 134 Å². The van der Waals surface area contributed by atoms with Gasteiger partial charge in [0.05, 0.1) is 17.1 Å². The molecule has 0 aromatic carbocycles. The average molecular weight is 322 g/mol. The maximum Gasteiger partial charge on any atom is 0.264 e. The van der Waals surface area contributed by atoms with Gasteiger partial charge in [-0.25, -0.2) is 0 Å². The van der Waals surface area contributed by atoms with Gasteiger partial charge in [0.1, 0.15) is 4.83 Å². The minimum atomic E-state index is -0.135. The van der Waals surface area contributed by atoms with E-state index in [0.29, 0.717) is 11.4 Å². The van der Waals surface area contributed by atoms with Crippen molar-refractivity contribution in [3.05, 3.63) is 16.6 Å². The van der Waals surface area contributed by atoms with E-state index in [1.165, 1.54) is 11.3 Å². The fraction of sp³-hybridized carbons (Fsp3) is 0.533. The molecule has 2 heterocycles. The molecule has 0 fully saturated rings. The van der Waals surface area contributed by atoms with Crippen LogP contribution in [0.25, 0.3) is 10.2 Å². The summed E-state index contributed by atoms with van der Waals surface area (Å²) in [4.78, 5) is 27.7. The van der Waals surface area contributed by atoms with Gasteiger partial charge in [0, 0.05) is 25.0 Å². The zero-order valence-electron chi connectivity index (χ0n) is 13.6. The Bertz CT molecular complexity index is 667. The van der Waals surface area contributed by atoms with Crippen LogP contribution in [0.15, 0.2) is 6.07 Å². The fourth-order valence-electron chi connectivity index (χ4n) is 2.33. The largest absolute Gasteiger partial charge is 0.352 e. The van der Waals surface area contributed by atoms with Crippen LogP contribution >= 0.6 is 11.3 Å². The predicted octanol–water partition coefficient (Wildman–Crippen LogP) is 1.93. The first kappa shape index (κ1) is 16.5. The second kappa shape index (κ2) is 6.48. The molecule has 0 spiro atoms. The van der Waals surface area contributed by atoms with E-state index in [9.17, 15) is 9.59 Å². The molecule has 0 radical (unpaired) electrons. The maximum atomic E-state index is 12.6. The van der Waals surface area contributed by atoms with E-state index in [1.807, 2.05) is 40.8 Å². The number of amides is 2. The molecule has 120 valence electrons. The van der Waals surface area contributed by atoms with E-state index in [0.717, 1.165) is 15.9 Å². The monoisotopic (exact) mass is 322 g/mol. The highest BCUT2D eigenvalue weighted by Gasteiger charge is 2.21. The summed E-state index contributed by atoms with van der Waals surface area (Å²) in [6.07, 6.45) is 0. The number of nitrogens with one attached hydrogen (secondary N) is 1. The molecule has 0 saturated heterocycles. The van der Waals surface area contributed by atoms with Gasteiger partial charge in [-0.15, -0.1) is 11.3 Å². The van der Waals surface area contributed by atoms with Crippen molar-refractivity contribution in [3.63, 3.8) is 0 Å². The number of thiophene rings is 1. The SMILES string of the molecule is CCN(CC(=O)NC(C)C)C(=O)c1cc2c(C)nn(C)c2s1. The van der Waals surface area contributed by atoms with Crippen LogP contribution in [0.4, 0.5) is 0 Å². The second-order valence-corrected chi connectivity index (χ2v) is 6.61. The van der Waals surface area contributed by atoms with Gasteiger partial charge in [-0.05, 0) is 33.8 Å². The van der Waals surface area contributed by atoms with Gasteiger partial charge in [0.15, 0.2) is 0 Å². The summed E-state index contributed by atoms with van der Waals surface area (Å²) in [5, 5.41) is 8.14. The molecule has 0 saturated carbocycles. The molecule has 22 heavy (non-hydrogen) atoms. The van der Waals surface area contributed by atoms with Crippen molar-refractivity contribution < 1.29 is 9.59 Å².